The molecule has 0 atom stereocenters. The Bertz CT molecular complexity index is 831. The van der Waals surface area contributed by atoms with Crippen molar-refractivity contribution in [2.75, 3.05) is 32.0 Å². The number of nitrogens with zero attached hydrogens (tertiary/aromatic N) is 3. The molecule has 24 heavy (non-hydrogen) atoms. The van der Waals surface area contributed by atoms with E-state index in [4.69, 9.17) is 4.42 Å². The van der Waals surface area contributed by atoms with Gasteiger partial charge in [0.15, 0.2) is 11.4 Å². The predicted molar refractivity (Wildman–Crippen MR) is 86.0 cm³/mol. The Labute approximate surface area is 136 Å². The Morgan fingerprint density at radius 2 is 2.00 bits per heavy atom. The SMILES string of the molecule is CN(CCCNc1ncnc2c1oc1ccccc12)CC(F)(F)F. The maximum Gasteiger partial charge on any atom is 0.401 e. The highest BCUT2D eigenvalue weighted by Gasteiger charge is 2.28. The summed E-state index contributed by atoms with van der Waals surface area (Å²) in [5.41, 5.74) is 2.00. The zero-order valence-electron chi connectivity index (χ0n) is 13.1. The lowest BCUT2D eigenvalue weighted by Crippen LogP contribution is -2.32. The van der Waals surface area contributed by atoms with E-state index in [0.717, 1.165) is 16.5 Å². The van der Waals surface area contributed by atoms with Gasteiger partial charge < -0.3 is 9.73 Å². The number of fused-ring (bicyclic) bond motifs is 3. The summed E-state index contributed by atoms with van der Waals surface area (Å²) in [6, 6.07) is 7.56. The number of alkyl halides is 3. The highest BCUT2D eigenvalue weighted by molar-refractivity contribution is 6.05. The zero-order chi connectivity index (χ0) is 17.2. The molecular weight excluding hydrogens is 321 g/mol. The third kappa shape index (κ3) is 3.76. The van der Waals surface area contributed by atoms with Crippen LogP contribution in [0.2, 0.25) is 0 Å². The normalized spacial score (nSPS) is 12.4. The van der Waals surface area contributed by atoms with Gasteiger partial charge in [-0.15, -0.1) is 0 Å². The molecule has 1 aromatic carbocycles. The van der Waals surface area contributed by atoms with Crippen molar-refractivity contribution in [3.05, 3.63) is 30.6 Å². The van der Waals surface area contributed by atoms with Crippen molar-refractivity contribution in [3.8, 4) is 0 Å². The van der Waals surface area contributed by atoms with Crippen LogP contribution in [0.4, 0.5) is 19.0 Å². The van der Waals surface area contributed by atoms with E-state index in [2.05, 4.69) is 15.3 Å². The van der Waals surface area contributed by atoms with Gasteiger partial charge in [-0.2, -0.15) is 13.2 Å². The molecule has 2 heterocycles. The average Bonchev–Trinajstić information content (AvgIpc) is 2.89. The maximum absolute atomic E-state index is 12.3. The summed E-state index contributed by atoms with van der Waals surface area (Å²) in [6.07, 6.45) is -2.17. The molecule has 1 N–H and O–H groups in total. The molecule has 0 saturated heterocycles. The Balaban J connectivity index is 1.64. The summed E-state index contributed by atoms with van der Waals surface area (Å²) in [7, 11) is 1.45. The van der Waals surface area contributed by atoms with E-state index in [9.17, 15) is 13.2 Å². The first kappa shape index (κ1) is 16.5. The third-order valence-corrected chi connectivity index (χ3v) is 3.62. The Kier molecular flexibility index (Phi) is 4.57. The Morgan fingerprint density at radius 1 is 1.21 bits per heavy atom. The summed E-state index contributed by atoms with van der Waals surface area (Å²) >= 11 is 0. The van der Waals surface area contributed by atoms with Crippen molar-refractivity contribution in [2.45, 2.75) is 12.6 Å². The van der Waals surface area contributed by atoms with Gasteiger partial charge in [0.25, 0.3) is 0 Å². The first-order chi connectivity index (χ1) is 11.4. The number of hydrogen-bond donors (Lipinski definition) is 1. The van der Waals surface area contributed by atoms with Gasteiger partial charge in [-0.05, 0) is 32.1 Å². The fourth-order valence-corrected chi connectivity index (χ4v) is 2.59. The van der Waals surface area contributed by atoms with E-state index in [0.29, 0.717) is 30.9 Å². The van der Waals surface area contributed by atoms with Crippen molar-refractivity contribution in [2.24, 2.45) is 0 Å². The quantitative estimate of drug-likeness (QED) is 0.695. The molecule has 2 aromatic heterocycles. The maximum atomic E-state index is 12.3. The van der Waals surface area contributed by atoms with Crippen molar-refractivity contribution < 1.29 is 17.6 Å². The Hall–Kier alpha value is -2.35. The lowest BCUT2D eigenvalue weighted by atomic mass is 10.2. The molecule has 0 unspecified atom stereocenters. The fourth-order valence-electron chi connectivity index (χ4n) is 2.59. The molecule has 0 saturated carbocycles. The van der Waals surface area contributed by atoms with Crippen LogP contribution in [0.5, 0.6) is 0 Å². The van der Waals surface area contributed by atoms with Crippen LogP contribution in [0, 0.1) is 0 Å². The van der Waals surface area contributed by atoms with Crippen LogP contribution in [-0.2, 0) is 0 Å². The average molecular weight is 338 g/mol. The molecule has 8 heteroatoms. The number of hydrogen-bond acceptors (Lipinski definition) is 5. The van der Waals surface area contributed by atoms with Gasteiger partial charge in [0, 0.05) is 11.9 Å². The summed E-state index contributed by atoms with van der Waals surface area (Å²) in [5.74, 6) is 0.551. The molecule has 0 spiro atoms. The van der Waals surface area contributed by atoms with Crippen LogP contribution < -0.4 is 5.32 Å². The number of halogens is 3. The molecular formula is C16H17F3N4O. The number of nitrogens with one attached hydrogen (secondary N) is 1. The molecule has 3 aromatic rings. The van der Waals surface area contributed by atoms with Gasteiger partial charge in [-0.3, -0.25) is 4.90 Å². The van der Waals surface area contributed by atoms with Crippen LogP contribution in [0.1, 0.15) is 6.42 Å². The number of aromatic nitrogens is 2. The molecule has 5 nitrogen and oxygen atoms in total. The van der Waals surface area contributed by atoms with E-state index < -0.39 is 12.7 Å². The summed E-state index contributed by atoms with van der Waals surface area (Å²) in [4.78, 5) is 9.67. The number of anilines is 1. The predicted octanol–water partition coefficient (Wildman–Crippen LogP) is 3.67. The molecule has 0 aliphatic rings. The minimum Gasteiger partial charge on any atom is -0.450 e. The van der Waals surface area contributed by atoms with Gasteiger partial charge in [0.05, 0.1) is 6.54 Å². The molecule has 0 aliphatic carbocycles. The molecule has 128 valence electrons. The lowest BCUT2D eigenvalue weighted by Gasteiger charge is -2.18. The van der Waals surface area contributed by atoms with E-state index in [1.807, 2.05) is 24.3 Å². The van der Waals surface area contributed by atoms with Crippen LogP contribution in [0.25, 0.3) is 22.1 Å². The third-order valence-electron chi connectivity index (χ3n) is 3.62. The van der Waals surface area contributed by atoms with E-state index in [-0.39, 0.29) is 0 Å². The minimum atomic E-state index is -4.17. The van der Waals surface area contributed by atoms with Crippen molar-refractivity contribution >= 4 is 27.9 Å². The molecule has 0 radical (unpaired) electrons. The monoisotopic (exact) mass is 338 g/mol. The van der Waals surface area contributed by atoms with E-state index in [1.165, 1.54) is 18.3 Å². The highest BCUT2D eigenvalue weighted by Crippen LogP contribution is 2.30. The minimum absolute atomic E-state index is 0.334. The topological polar surface area (TPSA) is 54.2 Å². The van der Waals surface area contributed by atoms with E-state index in [1.54, 1.807) is 0 Å². The van der Waals surface area contributed by atoms with Gasteiger partial charge in [0.2, 0.25) is 0 Å². The van der Waals surface area contributed by atoms with Crippen LogP contribution >= 0.6 is 0 Å². The molecule has 0 amide bonds. The number of benzene rings is 1. The second kappa shape index (κ2) is 6.64. The highest BCUT2D eigenvalue weighted by atomic mass is 19.4. The molecule has 0 aliphatic heterocycles. The van der Waals surface area contributed by atoms with Crippen molar-refractivity contribution in [3.63, 3.8) is 0 Å². The number of furan rings is 1. The van der Waals surface area contributed by atoms with Crippen molar-refractivity contribution in [1.82, 2.24) is 14.9 Å². The molecule has 3 rings (SSSR count). The fraction of sp³-hybridized carbons (Fsp3) is 0.375. The number of rotatable bonds is 6. The first-order valence-corrected chi connectivity index (χ1v) is 7.55. The molecule has 0 bridgehead atoms. The van der Waals surface area contributed by atoms with Gasteiger partial charge in [0.1, 0.15) is 17.4 Å². The summed E-state index contributed by atoms with van der Waals surface area (Å²) in [6.45, 7) is -0.0828. The summed E-state index contributed by atoms with van der Waals surface area (Å²) in [5, 5.41) is 4.02. The zero-order valence-corrected chi connectivity index (χ0v) is 13.1. The first-order valence-electron chi connectivity index (χ1n) is 7.55. The lowest BCUT2D eigenvalue weighted by molar-refractivity contribution is -0.142. The molecule has 0 fully saturated rings. The largest absolute Gasteiger partial charge is 0.450 e. The Morgan fingerprint density at radius 3 is 2.79 bits per heavy atom. The van der Waals surface area contributed by atoms with Crippen LogP contribution in [-0.4, -0.2) is 47.7 Å². The second-order valence-electron chi connectivity index (χ2n) is 5.63. The second-order valence-corrected chi connectivity index (χ2v) is 5.63. The van der Waals surface area contributed by atoms with Gasteiger partial charge in [-0.1, -0.05) is 12.1 Å². The van der Waals surface area contributed by atoms with Crippen LogP contribution in [0.15, 0.2) is 35.0 Å². The van der Waals surface area contributed by atoms with E-state index >= 15 is 0 Å². The number of para-hydroxylation sites is 1. The van der Waals surface area contributed by atoms with Crippen LogP contribution in [0.3, 0.4) is 0 Å². The van der Waals surface area contributed by atoms with Gasteiger partial charge >= 0.3 is 6.18 Å². The standard InChI is InChI=1S/C16H17F3N4O/c1-23(9-16(17,18)19)8-4-7-20-15-14-13(21-10-22-15)11-5-2-3-6-12(11)24-14/h2-3,5-6,10H,4,7-9H2,1H3,(H,20,21,22). The smallest absolute Gasteiger partial charge is 0.401 e. The van der Waals surface area contributed by atoms with Gasteiger partial charge in [-0.25, -0.2) is 9.97 Å². The summed E-state index contributed by atoms with van der Waals surface area (Å²) < 4.78 is 42.6. The van der Waals surface area contributed by atoms with Crippen molar-refractivity contribution in [1.29, 1.82) is 0 Å².